The number of hydrogen-bond donors (Lipinski definition) is 5. The van der Waals surface area contributed by atoms with Gasteiger partial charge in [0.2, 0.25) is 5.91 Å². The molecule has 162 valence electrons. The van der Waals surface area contributed by atoms with Crippen molar-refractivity contribution in [2.24, 2.45) is 5.92 Å². The summed E-state index contributed by atoms with van der Waals surface area (Å²) in [6, 6.07) is 0.350. The first-order valence-electron chi connectivity index (χ1n) is 8.57. The van der Waals surface area contributed by atoms with Crippen molar-refractivity contribution >= 4 is 17.8 Å². The van der Waals surface area contributed by atoms with Gasteiger partial charge < -0.3 is 5.32 Å². The van der Waals surface area contributed by atoms with Crippen LogP contribution in [0.4, 0.5) is 11.9 Å². The Bertz CT molecular complexity index is 735. The van der Waals surface area contributed by atoms with Crippen molar-refractivity contribution in [1.29, 1.82) is 0 Å². The van der Waals surface area contributed by atoms with Crippen LogP contribution in [-0.4, -0.2) is 73.8 Å². The highest BCUT2D eigenvalue weighted by molar-refractivity contribution is 5.90. The molecule has 15 heteroatoms. The molecule has 0 aromatic carbocycles. The number of hydrogen-bond acceptors (Lipinski definition) is 11. The average molecular weight is 410 g/mol. The topological polar surface area (TPSA) is 205 Å². The molecular weight excluding hydrogens is 380 g/mol. The van der Waals surface area contributed by atoms with Crippen LogP contribution in [0.3, 0.4) is 0 Å². The van der Waals surface area contributed by atoms with Crippen LogP contribution in [-0.2, 0) is 4.79 Å². The standard InChI is InChI=1S/C5H9N5O.C4H9N5.C4H8N4.CH4/c1-3(2)4(11)6-5-7-9-10-8-5;1-3(2)5-4-6-8-9-7-4;1-3(2)4-5-7-8-6-4;/h3H,1-2H3,(H2,6,7,8,9,10,11);3H,1-2H3,(H2,5,6,7,8,9);3H,1-2H3,(H,5,6,7,8);1H4. The van der Waals surface area contributed by atoms with Crippen LogP contribution in [0.25, 0.3) is 0 Å². The zero-order valence-electron chi connectivity index (χ0n) is 16.7. The summed E-state index contributed by atoms with van der Waals surface area (Å²) in [6.07, 6.45) is 0. The SMILES string of the molecule is C.CC(C)C(=O)Nc1nn[nH]n1.CC(C)Nc1nn[nH]n1.CC(C)c1nn[nH]n1. The van der Waals surface area contributed by atoms with E-state index in [1.54, 1.807) is 13.8 Å². The molecule has 3 rings (SSSR count). The fourth-order valence-corrected chi connectivity index (χ4v) is 1.36. The molecule has 0 saturated heterocycles. The van der Waals surface area contributed by atoms with Gasteiger partial charge in [-0.3, -0.25) is 10.1 Å². The highest BCUT2D eigenvalue weighted by atomic mass is 16.2. The van der Waals surface area contributed by atoms with Crippen molar-refractivity contribution in [2.45, 2.75) is 60.9 Å². The van der Waals surface area contributed by atoms with Crippen LogP contribution in [0, 0.1) is 5.92 Å². The largest absolute Gasteiger partial charge is 0.349 e. The second-order valence-corrected chi connectivity index (χ2v) is 6.34. The molecule has 0 aliphatic heterocycles. The van der Waals surface area contributed by atoms with Crippen LogP contribution in [0.1, 0.15) is 60.7 Å². The molecule has 0 bridgehead atoms. The van der Waals surface area contributed by atoms with E-state index < -0.39 is 0 Å². The number of nitrogens with one attached hydrogen (secondary N) is 5. The Balaban J connectivity index is 0.000000404. The third-order valence-corrected chi connectivity index (χ3v) is 2.75. The number of tetrazole rings is 3. The minimum Gasteiger partial charge on any atom is -0.349 e. The van der Waals surface area contributed by atoms with E-state index in [1.165, 1.54) is 0 Å². The van der Waals surface area contributed by atoms with E-state index in [1.807, 2.05) is 27.7 Å². The molecule has 5 N–H and O–H groups in total. The Kier molecular flexibility index (Phi) is 12.0. The molecule has 3 heterocycles. The third-order valence-electron chi connectivity index (χ3n) is 2.75. The lowest BCUT2D eigenvalue weighted by Gasteiger charge is -2.01. The third kappa shape index (κ3) is 11.0. The molecule has 0 atom stereocenters. The molecule has 0 spiro atoms. The van der Waals surface area contributed by atoms with E-state index in [-0.39, 0.29) is 25.2 Å². The summed E-state index contributed by atoms with van der Waals surface area (Å²) in [5.41, 5.74) is 0. The summed E-state index contributed by atoms with van der Waals surface area (Å²) < 4.78 is 0. The van der Waals surface area contributed by atoms with Gasteiger partial charge in [-0.15, -0.1) is 20.4 Å². The molecule has 29 heavy (non-hydrogen) atoms. The lowest BCUT2D eigenvalue weighted by atomic mass is 10.2. The van der Waals surface area contributed by atoms with Gasteiger partial charge in [-0.25, -0.2) is 0 Å². The van der Waals surface area contributed by atoms with Gasteiger partial charge in [-0.05, 0) is 24.3 Å². The molecule has 0 radical (unpaired) electrons. The van der Waals surface area contributed by atoms with E-state index in [4.69, 9.17) is 0 Å². The van der Waals surface area contributed by atoms with Crippen LogP contribution >= 0.6 is 0 Å². The fraction of sp³-hybridized carbons (Fsp3) is 0.714. The van der Waals surface area contributed by atoms with Gasteiger partial charge in [0, 0.05) is 17.9 Å². The molecule has 3 aromatic rings. The Morgan fingerprint density at radius 2 is 1.31 bits per heavy atom. The highest BCUT2D eigenvalue weighted by Crippen LogP contribution is 2.03. The van der Waals surface area contributed by atoms with E-state index in [0.29, 0.717) is 17.9 Å². The van der Waals surface area contributed by atoms with Crippen molar-refractivity contribution in [3.05, 3.63) is 5.82 Å². The Morgan fingerprint density at radius 1 is 0.793 bits per heavy atom. The molecule has 0 aliphatic carbocycles. The smallest absolute Gasteiger partial charge is 0.269 e. The molecule has 3 aromatic heterocycles. The van der Waals surface area contributed by atoms with Crippen LogP contribution in [0.2, 0.25) is 0 Å². The number of anilines is 2. The molecule has 0 saturated carbocycles. The Hall–Kier alpha value is -3.52. The molecule has 15 nitrogen and oxygen atoms in total. The number of rotatable bonds is 5. The highest BCUT2D eigenvalue weighted by Gasteiger charge is 2.08. The maximum Gasteiger partial charge on any atom is 0.269 e. The lowest BCUT2D eigenvalue weighted by molar-refractivity contribution is -0.118. The minimum absolute atomic E-state index is 0. The first kappa shape index (κ1) is 25.5. The molecule has 0 aliphatic rings. The maximum absolute atomic E-state index is 11.0. The zero-order valence-corrected chi connectivity index (χ0v) is 16.7. The number of carbonyl (C=O) groups excluding carboxylic acids is 1. The van der Waals surface area contributed by atoms with E-state index in [9.17, 15) is 4.79 Å². The summed E-state index contributed by atoms with van der Waals surface area (Å²) in [6.45, 7) is 11.6. The number of nitrogens with zero attached hydrogens (tertiary/aromatic N) is 9. The second kappa shape index (κ2) is 13.6. The van der Waals surface area contributed by atoms with Crippen molar-refractivity contribution < 1.29 is 4.79 Å². The summed E-state index contributed by atoms with van der Waals surface area (Å²) in [5.74, 6) is 1.70. The number of amides is 1. The molecule has 0 fully saturated rings. The minimum atomic E-state index is -0.119. The summed E-state index contributed by atoms with van der Waals surface area (Å²) in [4.78, 5) is 11.0. The predicted molar refractivity (Wildman–Crippen MR) is 106 cm³/mol. The summed E-state index contributed by atoms with van der Waals surface area (Å²) in [7, 11) is 0. The normalized spacial score (nSPS) is 9.83. The van der Waals surface area contributed by atoms with Crippen molar-refractivity contribution in [3.63, 3.8) is 0 Å². The van der Waals surface area contributed by atoms with Gasteiger partial charge in [0.25, 0.3) is 11.9 Å². The van der Waals surface area contributed by atoms with E-state index in [0.717, 1.165) is 5.82 Å². The summed E-state index contributed by atoms with van der Waals surface area (Å²) >= 11 is 0. The Morgan fingerprint density at radius 3 is 1.66 bits per heavy atom. The predicted octanol–water partition coefficient (Wildman–Crippen LogP) is 0.773. The van der Waals surface area contributed by atoms with Gasteiger partial charge in [0.05, 0.1) is 0 Å². The second-order valence-electron chi connectivity index (χ2n) is 6.34. The molecular formula is C14H30N14O. The first-order valence-corrected chi connectivity index (χ1v) is 8.57. The fourth-order valence-electron chi connectivity index (χ4n) is 1.36. The maximum atomic E-state index is 11.0. The quantitative estimate of drug-likeness (QED) is 0.397. The van der Waals surface area contributed by atoms with Crippen molar-refractivity contribution in [3.8, 4) is 0 Å². The summed E-state index contributed by atoms with van der Waals surface area (Å²) in [5, 5.41) is 44.5. The zero-order chi connectivity index (χ0) is 20.9. The van der Waals surface area contributed by atoms with Gasteiger partial charge in [-0.1, -0.05) is 50.5 Å². The van der Waals surface area contributed by atoms with E-state index in [2.05, 4.69) is 72.5 Å². The molecule has 0 unspecified atom stereocenters. The lowest BCUT2D eigenvalue weighted by Crippen LogP contribution is -2.18. The number of aromatic nitrogens is 12. The van der Waals surface area contributed by atoms with Gasteiger partial charge in [-0.2, -0.15) is 15.6 Å². The first-order chi connectivity index (χ1) is 13.3. The number of H-pyrrole nitrogens is 3. The monoisotopic (exact) mass is 410 g/mol. The van der Waals surface area contributed by atoms with Crippen LogP contribution in [0.5, 0.6) is 0 Å². The van der Waals surface area contributed by atoms with Gasteiger partial charge in [0.15, 0.2) is 5.82 Å². The van der Waals surface area contributed by atoms with Crippen molar-refractivity contribution in [2.75, 3.05) is 10.6 Å². The van der Waals surface area contributed by atoms with Gasteiger partial charge >= 0.3 is 0 Å². The van der Waals surface area contributed by atoms with Crippen LogP contribution < -0.4 is 10.6 Å². The molecule has 1 amide bonds. The van der Waals surface area contributed by atoms with Crippen molar-refractivity contribution in [1.82, 2.24) is 61.9 Å². The average Bonchev–Trinajstić information content (AvgIpc) is 3.39. The number of carbonyl (C=O) groups is 1. The van der Waals surface area contributed by atoms with Gasteiger partial charge in [0.1, 0.15) is 0 Å². The number of aromatic amines is 3. The Labute approximate surface area is 168 Å². The van der Waals surface area contributed by atoms with Crippen LogP contribution in [0.15, 0.2) is 0 Å². The van der Waals surface area contributed by atoms with E-state index >= 15 is 0 Å².